The number of hydrogen-bond donors (Lipinski definition) is 3. The summed E-state index contributed by atoms with van der Waals surface area (Å²) in [5.41, 5.74) is 0.136. The van der Waals surface area contributed by atoms with E-state index in [2.05, 4.69) is 10.1 Å². The quantitative estimate of drug-likeness (QED) is 0.413. The molecule has 1 heterocycles. The van der Waals surface area contributed by atoms with Crippen molar-refractivity contribution in [1.29, 1.82) is 0 Å². The van der Waals surface area contributed by atoms with Crippen LogP contribution in [-0.2, 0) is 0 Å². The summed E-state index contributed by atoms with van der Waals surface area (Å²) in [7, 11) is 0. The molecule has 0 aliphatic rings. The van der Waals surface area contributed by atoms with Crippen molar-refractivity contribution in [3.8, 4) is 5.75 Å². The first-order valence-corrected chi connectivity index (χ1v) is 4.92. The highest BCUT2D eigenvalue weighted by atomic mass is 16.4. The normalized spacial score (nSPS) is 11.4. The number of aromatic hydroxyl groups is 1. The van der Waals surface area contributed by atoms with Gasteiger partial charge in [-0.05, 0) is 24.3 Å². The fourth-order valence-electron chi connectivity index (χ4n) is 1.53. The fraction of sp³-hybridized carbons (Fsp3) is 0. The molecule has 2 aromatic rings. The second-order valence-electron chi connectivity index (χ2n) is 3.38. The number of benzene rings is 1. The van der Waals surface area contributed by atoms with Gasteiger partial charge < -0.3 is 15.3 Å². The van der Waals surface area contributed by atoms with E-state index >= 15 is 0 Å². The number of phenols is 1. The maximum Gasteiger partial charge on any atom is 0.257 e. The number of aromatic amines is 1. The van der Waals surface area contributed by atoms with E-state index in [-0.39, 0.29) is 22.6 Å². The fourth-order valence-corrected chi connectivity index (χ4v) is 1.53. The Labute approximate surface area is 96.7 Å². The minimum absolute atomic E-state index is 0.0324. The number of nitrogens with one attached hydrogen (secondary N) is 1. The van der Waals surface area contributed by atoms with Gasteiger partial charge in [0.15, 0.2) is 0 Å². The predicted octanol–water partition coefficient (Wildman–Crippen LogP) is 1.31. The third kappa shape index (κ3) is 2.03. The van der Waals surface area contributed by atoms with E-state index in [1.165, 1.54) is 18.3 Å². The monoisotopic (exact) mass is 230 g/mol. The topological polar surface area (TPSA) is 85.7 Å². The molecule has 0 aliphatic carbocycles. The molecule has 0 radical (unpaired) electrons. The van der Waals surface area contributed by atoms with Gasteiger partial charge in [0.25, 0.3) is 5.56 Å². The number of pyridine rings is 1. The number of hydrogen-bond acceptors (Lipinski definition) is 4. The molecule has 0 saturated carbocycles. The lowest BCUT2D eigenvalue weighted by Crippen LogP contribution is -2.18. The van der Waals surface area contributed by atoms with E-state index in [1.807, 2.05) is 0 Å². The molecule has 0 unspecified atom stereocenters. The number of aromatic nitrogens is 1. The number of para-hydroxylation sites is 1. The van der Waals surface area contributed by atoms with Crippen LogP contribution in [0.4, 0.5) is 0 Å². The molecular weight excluding hydrogens is 220 g/mol. The van der Waals surface area contributed by atoms with Crippen LogP contribution in [0.25, 0.3) is 0 Å². The highest BCUT2D eigenvalue weighted by molar-refractivity contribution is 6.13. The lowest BCUT2D eigenvalue weighted by Gasteiger charge is -2.05. The third-order valence-electron chi connectivity index (χ3n) is 2.33. The number of rotatable bonds is 2. The number of H-pyrrole nitrogens is 1. The standard InChI is InChI=1S/C12H10N2O3/c15-10-6-2-1-4-8(10)11(14-17)9-5-3-7-13-12(9)16/h1-7,15,17H,(H,13,16). The Morgan fingerprint density at radius 1 is 1.12 bits per heavy atom. The number of phenolic OH excluding ortho intramolecular Hbond substituents is 1. The number of nitrogens with zero attached hydrogens (tertiary/aromatic N) is 1. The first-order valence-electron chi connectivity index (χ1n) is 4.92. The highest BCUT2D eigenvalue weighted by Crippen LogP contribution is 2.18. The zero-order valence-electron chi connectivity index (χ0n) is 8.79. The molecule has 17 heavy (non-hydrogen) atoms. The average Bonchev–Trinajstić information content (AvgIpc) is 2.34. The van der Waals surface area contributed by atoms with Crippen molar-refractivity contribution in [2.45, 2.75) is 0 Å². The zero-order chi connectivity index (χ0) is 12.3. The summed E-state index contributed by atoms with van der Waals surface area (Å²) in [5, 5.41) is 21.8. The Morgan fingerprint density at radius 2 is 1.82 bits per heavy atom. The minimum atomic E-state index is -0.386. The maximum atomic E-state index is 11.6. The van der Waals surface area contributed by atoms with Crippen molar-refractivity contribution >= 4 is 5.71 Å². The van der Waals surface area contributed by atoms with E-state index in [0.717, 1.165) is 0 Å². The Bertz CT molecular complexity index is 617. The van der Waals surface area contributed by atoms with Gasteiger partial charge in [-0.2, -0.15) is 0 Å². The van der Waals surface area contributed by atoms with Gasteiger partial charge in [-0.3, -0.25) is 4.79 Å². The summed E-state index contributed by atoms with van der Waals surface area (Å²) < 4.78 is 0. The predicted molar refractivity (Wildman–Crippen MR) is 62.6 cm³/mol. The van der Waals surface area contributed by atoms with Crippen LogP contribution in [-0.4, -0.2) is 21.0 Å². The van der Waals surface area contributed by atoms with Crippen LogP contribution in [0.1, 0.15) is 11.1 Å². The van der Waals surface area contributed by atoms with Gasteiger partial charge in [-0.1, -0.05) is 17.3 Å². The molecule has 0 atom stereocenters. The Balaban J connectivity index is 2.61. The van der Waals surface area contributed by atoms with E-state index in [4.69, 9.17) is 5.21 Å². The molecule has 0 aliphatic heterocycles. The van der Waals surface area contributed by atoms with Crippen LogP contribution < -0.4 is 5.56 Å². The molecule has 0 fully saturated rings. The number of oxime groups is 1. The summed E-state index contributed by atoms with van der Waals surface area (Å²) in [5.74, 6) is -0.0523. The molecule has 86 valence electrons. The summed E-state index contributed by atoms with van der Waals surface area (Å²) in [6.45, 7) is 0. The van der Waals surface area contributed by atoms with Gasteiger partial charge in [-0.25, -0.2) is 0 Å². The molecular formula is C12H10N2O3. The first kappa shape index (κ1) is 10.9. The van der Waals surface area contributed by atoms with Gasteiger partial charge in [0, 0.05) is 11.8 Å². The maximum absolute atomic E-state index is 11.6. The van der Waals surface area contributed by atoms with Crippen molar-refractivity contribution < 1.29 is 10.3 Å². The molecule has 0 spiro atoms. The van der Waals surface area contributed by atoms with Gasteiger partial charge in [0.1, 0.15) is 11.5 Å². The summed E-state index contributed by atoms with van der Waals surface area (Å²) in [6, 6.07) is 9.47. The lowest BCUT2D eigenvalue weighted by atomic mass is 10.0. The first-order chi connectivity index (χ1) is 8.24. The molecule has 2 rings (SSSR count). The highest BCUT2D eigenvalue weighted by Gasteiger charge is 2.14. The van der Waals surface area contributed by atoms with Crippen molar-refractivity contribution in [2.75, 3.05) is 0 Å². The van der Waals surface area contributed by atoms with E-state index < -0.39 is 0 Å². The molecule has 0 bridgehead atoms. The van der Waals surface area contributed by atoms with Crippen LogP contribution >= 0.6 is 0 Å². The van der Waals surface area contributed by atoms with Gasteiger partial charge in [-0.15, -0.1) is 0 Å². The largest absolute Gasteiger partial charge is 0.507 e. The van der Waals surface area contributed by atoms with Gasteiger partial charge in [0.2, 0.25) is 0 Å². The molecule has 5 nitrogen and oxygen atoms in total. The van der Waals surface area contributed by atoms with Gasteiger partial charge in [0.05, 0.1) is 5.56 Å². The molecule has 0 amide bonds. The van der Waals surface area contributed by atoms with Gasteiger partial charge >= 0.3 is 0 Å². The van der Waals surface area contributed by atoms with E-state index in [0.29, 0.717) is 5.56 Å². The Hall–Kier alpha value is -2.56. The van der Waals surface area contributed by atoms with Crippen LogP contribution in [0.5, 0.6) is 5.75 Å². The second-order valence-corrected chi connectivity index (χ2v) is 3.38. The molecule has 0 saturated heterocycles. The smallest absolute Gasteiger partial charge is 0.257 e. The second kappa shape index (κ2) is 4.52. The van der Waals surface area contributed by atoms with E-state index in [1.54, 1.807) is 24.3 Å². The summed E-state index contributed by atoms with van der Waals surface area (Å²) in [4.78, 5) is 14.0. The van der Waals surface area contributed by atoms with Crippen LogP contribution in [0.2, 0.25) is 0 Å². The third-order valence-corrected chi connectivity index (χ3v) is 2.33. The Kier molecular flexibility index (Phi) is 2.91. The molecule has 1 aromatic heterocycles. The average molecular weight is 230 g/mol. The van der Waals surface area contributed by atoms with Crippen LogP contribution in [0.15, 0.2) is 52.5 Å². The Morgan fingerprint density at radius 3 is 2.47 bits per heavy atom. The molecule has 3 N–H and O–H groups in total. The van der Waals surface area contributed by atoms with Crippen molar-refractivity contribution in [3.63, 3.8) is 0 Å². The van der Waals surface area contributed by atoms with Crippen molar-refractivity contribution in [3.05, 3.63) is 64.1 Å². The minimum Gasteiger partial charge on any atom is -0.507 e. The summed E-state index contributed by atoms with van der Waals surface area (Å²) >= 11 is 0. The van der Waals surface area contributed by atoms with Crippen LogP contribution in [0, 0.1) is 0 Å². The van der Waals surface area contributed by atoms with E-state index in [9.17, 15) is 9.90 Å². The lowest BCUT2D eigenvalue weighted by molar-refractivity contribution is 0.319. The zero-order valence-corrected chi connectivity index (χ0v) is 8.79. The summed E-state index contributed by atoms with van der Waals surface area (Å²) in [6.07, 6.45) is 1.48. The van der Waals surface area contributed by atoms with Crippen LogP contribution in [0.3, 0.4) is 0 Å². The van der Waals surface area contributed by atoms with Crippen molar-refractivity contribution in [1.82, 2.24) is 4.98 Å². The molecule has 5 heteroatoms. The molecule has 1 aromatic carbocycles. The SMILES string of the molecule is O=c1[nH]cccc1C(=NO)c1ccccc1O. The van der Waals surface area contributed by atoms with Crippen molar-refractivity contribution in [2.24, 2.45) is 5.16 Å².